The lowest BCUT2D eigenvalue weighted by molar-refractivity contribution is 0.144. The molecule has 1 aliphatic carbocycles. The van der Waals surface area contributed by atoms with E-state index in [9.17, 15) is 18.0 Å². The number of benzene rings is 1. The van der Waals surface area contributed by atoms with Gasteiger partial charge in [-0.2, -0.15) is 0 Å². The zero-order chi connectivity index (χ0) is 25.4. The van der Waals surface area contributed by atoms with E-state index in [4.69, 9.17) is 0 Å². The quantitative estimate of drug-likeness (QED) is 0.353. The predicted octanol–water partition coefficient (Wildman–Crippen LogP) is 5.76. The second-order valence-corrected chi connectivity index (χ2v) is 9.42. The van der Waals surface area contributed by atoms with E-state index < -0.39 is 12.1 Å². The van der Waals surface area contributed by atoms with Gasteiger partial charge in [-0.15, -0.1) is 0 Å². The summed E-state index contributed by atoms with van der Waals surface area (Å²) >= 11 is 0. The van der Waals surface area contributed by atoms with Crippen LogP contribution < -0.4 is 5.56 Å². The molecule has 0 unspecified atom stereocenters. The van der Waals surface area contributed by atoms with Gasteiger partial charge in [0.1, 0.15) is 17.0 Å². The summed E-state index contributed by atoms with van der Waals surface area (Å²) in [5.74, 6) is -0.132. The summed E-state index contributed by atoms with van der Waals surface area (Å²) < 4.78 is 43.1. The molecule has 0 bridgehead atoms. The van der Waals surface area contributed by atoms with Crippen molar-refractivity contribution in [2.75, 3.05) is 0 Å². The van der Waals surface area contributed by atoms with E-state index in [-0.39, 0.29) is 35.5 Å². The highest BCUT2D eigenvalue weighted by atomic mass is 19.3. The van der Waals surface area contributed by atoms with Crippen molar-refractivity contribution < 1.29 is 13.2 Å². The third-order valence-electron chi connectivity index (χ3n) is 7.11. The summed E-state index contributed by atoms with van der Waals surface area (Å²) in [6.45, 7) is 3.50. The summed E-state index contributed by atoms with van der Waals surface area (Å²) in [6, 6.07) is 6.91. The van der Waals surface area contributed by atoms with E-state index in [1.54, 1.807) is 25.3 Å². The minimum Gasteiger partial charge on any atom is -0.285 e. The molecule has 3 aromatic heterocycles. The van der Waals surface area contributed by atoms with Crippen molar-refractivity contribution >= 4 is 11.2 Å². The molecule has 186 valence electrons. The third kappa shape index (κ3) is 4.50. The Balaban J connectivity index is 1.52. The van der Waals surface area contributed by atoms with Crippen LogP contribution in [0, 0.1) is 19.7 Å². The van der Waals surface area contributed by atoms with Crippen molar-refractivity contribution in [3.8, 4) is 0 Å². The summed E-state index contributed by atoms with van der Waals surface area (Å²) in [6.07, 6.45) is 4.28. The standard InChI is InChI=1S/C27H26F3N5O/c1-15-4-3-5-20(28)23(15)18-8-6-17(7-9-18)19-12-21-26(34-16(2)13-33-21)35(27(19)36)14-22-24(25(29)30)32-11-10-31-22/h3-5,10-13,17-18,25H,6-9,14H2,1-2H3. The van der Waals surface area contributed by atoms with Crippen LogP contribution in [0.5, 0.6) is 0 Å². The van der Waals surface area contributed by atoms with E-state index in [2.05, 4.69) is 19.9 Å². The lowest BCUT2D eigenvalue weighted by Gasteiger charge is -2.30. The Hall–Kier alpha value is -3.62. The molecule has 0 radical (unpaired) electrons. The molecule has 3 heterocycles. The first kappa shape index (κ1) is 24.1. The maximum Gasteiger partial charge on any atom is 0.282 e. The Kier molecular flexibility index (Phi) is 6.55. The molecule has 4 aromatic rings. The number of fused-ring (bicyclic) bond motifs is 1. The first-order valence-corrected chi connectivity index (χ1v) is 12.0. The van der Waals surface area contributed by atoms with Crippen LogP contribution in [0.4, 0.5) is 13.2 Å². The molecule has 5 rings (SSSR count). The van der Waals surface area contributed by atoms with E-state index in [0.29, 0.717) is 35.3 Å². The lowest BCUT2D eigenvalue weighted by atomic mass is 9.75. The second-order valence-electron chi connectivity index (χ2n) is 9.42. The van der Waals surface area contributed by atoms with Crippen molar-refractivity contribution in [1.29, 1.82) is 0 Å². The summed E-state index contributed by atoms with van der Waals surface area (Å²) in [5, 5.41) is 0. The zero-order valence-corrected chi connectivity index (χ0v) is 20.1. The maximum atomic E-state index is 14.5. The molecule has 0 N–H and O–H groups in total. The van der Waals surface area contributed by atoms with Crippen molar-refractivity contribution in [3.63, 3.8) is 0 Å². The van der Waals surface area contributed by atoms with Gasteiger partial charge in [0, 0.05) is 24.2 Å². The van der Waals surface area contributed by atoms with Gasteiger partial charge in [0.05, 0.1) is 17.9 Å². The highest BCUT2D eigenvalue weighted by Crippen LogP contribution is 2.41. The van der Waals surface area contributed by atoms with Crippen molar-refractivity contribution in [2.45, 2.75) is 64.3 Å². The first-order valence-electron chi connectivity index (χ1n) is 12.0. The van der Waals surface area contributed by atoms with Gasteiger partial charge in [0.15, 0.2) is 5.65 Å². The minimum absolute atomic E-state index is 0.0232. The van der Waals surface area contributed by atoms with Gasteiger partial charge in [-0.25, -0.2) is 18.2 Å². The molecule has 1 aromatic carbocycles. The fraction of sp³-hybridized carbons (Fsp3) is 0.370. The molecule has 0 atom stereocenters. The Bertz CT molecular complexity index is 1460. The molecule has 1 fully saturated rings. The van der Waals surface area contributed by atoms with Crippen LogP contribution in [-0.2, 0) is 6.54 Å². The molecule has 1 saturated carbocycles. The van der Waals surface area contributed by atoms with Gasteiger partial charge in [0.2, 0.25) is 0 Å². The maximum absolute atomic E-state index is 14.5. The normalized spacial score (nSPS) is 18.2. The molecule has 0 saturated heterocycles. The summed E-state index contributed by atoms with van der Waals surface area (Å²) in [4.78, 5) is 30.5. The van der Waals surface area contributed by atoms with Crippen LogP contribution >= 0.6 is 0 Å². The monoisotopic (exact) mass is 493 g/mol. The molecule has 0 aliphatic heterocycles. The topological polar surface area (TPSA) is 73.6 Å². The predicted molar refractivity (Wildman–Crippen MR) is 130 cm³/mol. The van der Waals surface area contributed by atoms with Crippen LogP contribution in [0.25, 0.3) is 11.2 Å². The zero-order valence-electron chi connectivity index (χ0n) is 20.1. The van der Waals surface area contributed by atoms with Gasteiger partial charge < -0.3 is 0 Å². The number of aryl methyl sites for hydroxylation is 2. The smallest absolute Gasteiger partial charge is 0.282 e. The number of aromatic nitrogens is 5. The molecule has 9 heteroatoms. The second kappa shape index (κ2) is 9.79. The number of pyridine rings is 1. The Morgan fingerprint density at radius 1 is 1.03 bits per heavy atom. The number of nitrogens with zero attached hydrogens (tertiary/aromatic N) is 5. The molecule has 6 nitrogen and oxygen atoms in total. The number of halogens is 3. The van der Waals surface area contributed by atoms with Crippen LogP contribution in [0.15, 0.2) is 47.7 Å². The third-order valence-corrected chi connectivity index (χ3v) is 7.11. The van der Waals surface area contributed by atoms with E-state index >= 15 is 0 Å². The lowest BCUT2D eigenvalue weighted by Crippen LogP contribution is -2.29. The summed E-state index contributed by atoms with van der Waals surface area (Å²) in [7, 11) is 0. The summed E-state index contributed by atoms with van der Waals surface area (Å²) in [5.41, 5.74) is 3.00. The molecule has 0 amide bonds. The van der Waals surface area contributed by atoms with E-state index in [1.807, 2.05) is 13.0 Å². The number of hydrogen-bond acceptors (Lipinski definition) is 5. The number of rotatable bonds is 5. The average Bonchev–Trinajstić information content (AvgIpc) is 2.86. The fourth-order valence-electron chi connectivity index (χ4n) is 5.36. The highest BCUT2D eigenvalue weighted by molar-refractivity contribution is 5.71. The van der Waals surface area contributed by atoms with Gasteiger partial charge in [0.25, 0.3) is 12.0 Å². The molecular weight excluding hydrogens is 467 g/mol. The average molecular weight is 494 g/mol. The highest BCUT2D eigenvalue weighted by Gasteiger charge is 2.29. The van der Waals surface area contributed by atoms with Crippen LogP contribution in [0.3, 0.4) is 0 Å². The van der Waals surface area contributed by atoms with Crippen LogP contribution in [-0.4, -0.2) is 24.5 Å². The fourth-order valence-corrected chi connectivity index (χ4v) is 5.36. The number of alkyl halides is 2. The van der Waals surface area contributed by atoms with Crippen molar-refractivity contribution in [1.82, 2.24) is 24.5 Å². The Morgan fingerprint density at radius 3 is 2.47 bits per heavy atom. The van der Waals surface area contributed by atoms with Gasteiger partial charge >= 0.3 is 0 Å². The van der Waals surface area contributed by atoms with Gasteiger partial charge in [-0.05, 0) is 74.6 Å². The minimum atomic E-state index is -2.82. The van der Waals surface area contributed by atoms with Gasteiger partial charge in [-0.1, -0.05) is 12.1 Å². The van der Waals surface area contributed by atoms with Crippen LogP contribution in [0.2, 0.25) is 0 Å². The van der Waals surface area contributed by atoms with Crippen molar-refractivity contribution in [3.05, 3.63) is 92.8 Å². The first-order chi connectivity index (χ1) is 17.3. The van der Waals surface area contributed by atoms with Crippen LogP contribution in [0.1, 0.15) is 77.7 Å². The van der Waals surface area contributed by atoms with Gasteiger partial charge in [-0.3, -0.25) is 24.3 Å². The number of hydrogen-bond donors (Lipinski definition) is 0. The SMILES string of the molecule is Cc1cnc2cc(C3CCC(c4c(C)cccc4F)CC3)c(=O)n(Cc3nccnc3C(F)F)c2n1. The molecular formula is C27H26F3N5O. The van der Waals surface area contributed by atoms with Crippen molar-refractivity contribution in [2.24, 2.45) is 0 Å². The largest absolute Gasteiger partial charge is 0.285 e. The molecule has 1 aliphatic rings. The molecule has 36 heavy (non-hydrogen) atoms. The molecule has 0 spiro atoms. The van der Waals surface area contributed by atoms with E-state index in [0.717, 1.165) is 24.0 Å². The van der Waals surface area contributed by atoms with E-state index in [1.165, 1.54) is 23.0 Å². The Morgan fingerprint density at radius 2 is 1.75 bits per heavy atom. The Labute approximate surface area is 206 Å².